The molecule has 2 bridgehead atoms. The zero-order chi connectivity index (χ0) is 28.7. The van der Waals surface area contributed by atoms with E-state index in [1.165, 1.54) is 19.3 Å². The van der Waals surface area contributed by atoms with Gasteiger partial charge in [0.05, 0.1) is 17.9 Å². The number of carbonyl (C=O) groups excluding carboxylic acids is 3. The molecule has 0 aromatic heterocycles. The molecule has 10 heteroatoms. The third-order valence-corrected chi connectivity index (χ3v) is 10.1. The largest absolute Gasteiger partial charge is 0.359 e. The molecule has 3 amide bonds. The molecule has 8 nitrogen and oxygen atoms in total. The third-order valence-electron chi connectivity index (χ3n) is 9.62. The summed E-state index contributed by atoms with van der Waals surface area (Å²) in [5.41, 5.74) is -0.702. The van der Waals surface area contributed by atoms with Gasteiger partial charge in [-0.05, 0) is 69.3 Å². The van der Waals surface area contributed by atoms with Gasteiger partial charge >= 0.3 is 0 Å². The van der Waals surface area contributed by atoms with Crippen LogP contribution in [0.25, 0.3) is 0 Å². The van der Waals surface area contributed by atoms with Crippen LogP contribution < -0.4 is 10.6 Å². The van der Waals surface area contributed by atoms with Crippen molar-refractivity contribution in [2.75, 3.05) is 31.5 Å². The van der Waals surface area contributed by atoms with Crippen LogP contribution in [0.2, 0.25) is 10.0 Å². The zero-order valence-corrected chi connectivity index (χ0v) is 25.1. The highest BCUT2D eigenvalue weighted by Crippen LogP contribution is 2.55. The number of nitrogens with one attached hydrogen (secondary N) is 2. The van der Waals surface area contributed by atoms with Crippen LogP contribution in [0.4, 0.5) is 5.69 Å². The lowest BCUT2D eigenvalue weighted by Gasteiger charge is -2.35. The van der Waals surface area contributed by atoms with Crippen molar-refractivity contribution in [3.05, 3.63) is 40.4 Å². The van der Waals surface area contributed by atoms with Gasteiger partial charge in [0.2, 0.25) is 17.7 Å². The molecular weight excluding hydrogens is 563 g/mol. The van der Waals surface area contributed by atoms with Gasteiger partial charge in [0, 0.05) is 34.9 Å². The fraction of sp³-hybridized carbons (Fsp3) is 0.645. The van der Waals surface area contributed by atoms with Gasteiger partial charge in [0.25, 0.3) is 0 Å². The molecule has 0 radical (unpaired) electrons. The standard InChI is InChI=1S/C31H40Cl2N4O4/c1-19-7-5-12-36(18-19)13-6-14-37-27(29(39)34-22-8-3-2-4-9-22)31-11-10-24(41-31)25(26(31)30(37)40)28(38)35-23-16-20(32)15-21(33)17-23/h10-11,15-17,19,22,24-27H,2-9,12-14,18H2,1H3,(H,34,39)(H,35,38)/t19-,24+,25-,26+,27+,31+/m1/s1. The number of benzene rings is 1. The highest BCUT2D eigenvalue weighted by Gasteiger charge is 2.72. The van der Waals surface area contributed by atoms with Gasteiger partial charge in [-0.2, -0.15) is 0 Å². The van der Waals surface area contributed by atoms with Gasteiger partial charge in [-0.1, -0.05) is 61.5 Å². The van der Waals surface area contributed by atoms with Crippen LogP contribution in [-0.4, -0.2) is 77.5 Å². The minimum atomic E-state index is -1.16. The normalized spacial score (nSPS) is 33.3. The second-order valence-electron chi connectivity index (χ2n) is 12.6. The van der Waals surface area contributed by atoms with Crippen LogP contribution in [0.1, 0.15) is 58.3 Å². The molecular formula is C31H40Cl2N4O4. The first-order valence-electron chi connectivity index (χ1n) is 15.2. The van der Waals surface area contributed by atoms with Crippen LogP contribution in [0.5, 0.6) is 0 Å². The maximum absolute atomic E-state index is 14.2. The van der Waals surface area contributed by atoms with E-state index in [2.05, 4.69) is 22.5 Å². The fourth-order valence-electron chi connectivity index (χ4n) is 7.84. The van der Waals surface area contributed by atoms with Crippen molar-refractivity contribution in [3.63, 3.8) is 0 Å². The average Bonchev–Trinajstić information content (AvgIpc) is 3.56. The van der Waals surface area contributed by atoms with Crippen molar-refractivity contribution >= 4 is 46.6 Å². The minimum absolute atomic E-state index is 0.104. The molecule has 2 N–H and O–H groups in total. The first-order valence-corrected chi connectivity index (χ1v) is 16.0. The van der Waals surface area contributed by atoms with Crippen molar-refractivity contribution in [1.82, 2.24) is 15.1 Å². The molecule has 1 spiro atoms. The molecule has 1 aromatic rings. The van der Waals surface area contributed by atoms with E-state index in [9.17, 15) is 14.4 Å². The highest BCUT2D eigenvalue weighted by molar-refractivity contribution is 6.35. The van der Waals surface area contributed by atoms with Crippen LogP contribution in [0.15, 0.2) is 30.4 Å². The summed E-state index contributed by atoms with van der Waals surface area (Å²) < 4.78 is 6.48. The Labute approximate surface area is 252 Å². The second-order valence-corrected chi connectivity index (χ2v) is 13.5. The predicted octanol–water partition coefficient (Wildman–Crippen LogP) is 4.65. The summed E-state index contributed by atoms with van der Waals surface area (Å²) in [7, 11) is 0. The second kappa shape index (κ2) is 11.9. The number of rotatable bonds is 8. The van der Waals surface area contributed by atoms with E-state index in [0.717, 1.165) is 51.7 Å². The van der Waals surface area contributed by atoms with E-state index >= 15 is 0 Å². The van der Waals surface area contributed by atoms with Gasteiger partial charge in [0.1, 0.15) is 11.6 Å². The summed E-state index contributed by atoms with van der Waals surface area (Å²) in [6.07, 6.45) is 11.6. The topological polar surface area (TPSA) is 91.0 Å². The molecule has 4 aliphatic heterocycles. The van der Waals surface area contributed by atoms with Crippen molar-refractivity contribution in [2.24, 2.45) is 17.8 Å². The predicted molar refractivity (Wildman–Crippen MR) is 159 cm³/mol. The van der Waals surface area contributed by atoms with Gasteiger partial charge in [0.15, 0.2) is 0 Å². The number of ether oxygens (including phenoxy) is 1. The number of halogens is 2. The Kier molecular flexibility index (Phi) is 8.38. The number of hydrogen-bond acceptors (Lipinski definition) is 5. The quantitative estimate of drug-likeness (QED) is 0.423. The number of anilines is 1. The maximum atomic E-state index is 14.2. The molecule has 4 heterocycles. The summed E-state index contributed by atoms with van der Waals surface area (Å²) in [6.45, 7) is 5.74. The summed E-state index contributed by atoms with van der Waals surface area (Å²) in [5.74, 6) is -1.56. The van der Waals surface area contributed by atoms with E-state index < -0.39 is 29.6 Å². The van der Waals surface area contributed by atoms with Crippen molar-refractivity contribution < 1.29 is 19.1 Å². The summed E-state index contributed by atoms with van der Waals surface area (Å²) in [6, 6.07) is 4.13. The van der Waals surface area contributed by atoms with Crippen molar-refractivity contribution in [1.29, 1.82) is 0 Å². The SMILES string of the molecule is C[C@@H]1CCCN(CCCN2C(=O)[C@@H]3[C@H](C(=O)Nc4cc(Cl)cc(Cl)c4)[C@@H]4C=C[C@@]3(O4)[C@@H]2C(=O)NC2CCCCC2)C1. The Hall–Kier alpha value is -2.13. The lowest BCUT2D eigenvalue weighted by Crippen LogP contribution is -2.56. The maximum Gasteiger partial charge on any atom is 0.246 e. The Morgan fingerprint density at radius 1 is 1.02 bits per heavy atom. The van der Waals surface area contributed by atoms with Crippen LogP contribution in [0, 0.1) is 17.8 Å². The lowest BCUT2D eigenvalue weighted by molar-refractivity contribution is -0.141. The van der Waals surface area contributed by atoms with Crippen LogP contribution in [-0.2, 0) is 19.1 Å². The summed E-state index contributed by atoms with van der Waals surface area (Å²) in [4.78, 5) is 46.0. The van der Waals surface area contributed by atoms with Gasteiger partial charge in [-0.15, -0.1) is 0 Å². The number of likely N-dealkylation sites (tertiary alicyclic amines) is 2. The van der Waals surface area contributed by atoms with E-state index in [0.29, 0.717) is 28.2 Å². The Morgan fingerprint density at radius 2 is 1.78 bits per heavy atom. The Morgan fingerprint density at radius 3 is 2.51 bits per heavy atom. The van der Waals surface area contributed by atoms with E-state index in [-0.39, 0.29) is 23.8 Å². The van der Waals surface area contributed by atoms with E-state index in [1.807, 2.05) is 12.2 Å². The molecule has 0 unspecified atom stereocenters. The summed E-state index contributed by atoms with van der Waals surface area (Å²) >= 11 is 12.3. The monoisotopic (exact) mass is 602 g/mol. The lowest BCUT2D eigenvalue weighted by atomic mass is 9.74. The molecule has 1 aliphatic carbocycles. The molecule has 5 aliphatic rings. The van der Waals surface area contributed by atoms with Gasteiger partial charge in [-0.25, -0.2) is 0 Å². The molecule has 222 valence electrons. The van der Waals surface area contributed by atoms with Crippen LogP contribution in [0.3, 0.4) is 0 Å². The van der Waals surface area contributed by atoms with Crippen LogP contribution >= 0.6 is 23.2 Å². The van der Waals surface area contributed by atoms with Crippen molar-refractivity contribution in [2.45, 2.75) is 82.1 Å². The molecule has 6 rings (SSSR count). The smallest absolute Gasteiger partial charge is 0.246 e. The molecule has 6 atom stereocenters. The van der Waals surface area contributed by atoms with Gasteiger partial charge < -0.3 is 25.2 Å². The number of carbonyl (C=O) groups is 3. The van der Waals surface area contributed by atoms with E-state index in [1.54, 1.807) is 23.1 Å². The Bertz CT molecular complexity index is 1200. The summed E-state index contributed by atoms with van der Waals surface area (Å²) in [5, 5.41) is 6.96. The molecule has 4 fully saturated rings. The molecule has 3 saturated heterocycles. The van der Waals surface area contributed by atoms with Crippen molar-refractivity contribution in [3.8, 4) is 0 Å². The number of fused-ring (bicyclic) bond motifs is 1. The zero-order valence-electron chi connectivity index (χ0n) is 23.6. The van der Waals surface area contributed by atoms with Gasteiger partial charge in [-0.3, -0.25) is 14.4 Å². The Balaban J connectivity index is 1.24. The number of amides is 3. The first-order chi connectivity index (χ1) is 19.7. The fourth-order valence-corrected chi connectivity index (χ4v) is 8.37. The molecule has 1 saturated carbocycles. The molecule has 41 heavy (non-hydrogen) atoms. The minimum Gasteiger partial charge on any atom is -0.359 e. The number of hydrogen-bond donors (Lipinski definition) is 2. The number of piperidine rings is 1. The first kappa shape index (κ1) is 29.0. The molecule has 1 aromatic carbocycles. The number of nitrogens with zero attached hydrogens (tertiary/aromatic N) is 2. The average molecular weight is 604 g/mol. The highest BCUT2D eigenvalue weighted by atomic mass is 35.5. The third kappa shape index (κ3) is 5.65. The van der Waals surface area contributed by atoms with E-state index in [4.69, 9.17) is 27.9 Å².